The molecule has 8 nitrogen and oxygen atoms in total. The van der Waals surface area contributed by atoms with Gasteiger partial charge in [-0.3, -0.25) is 19.8 Å². The third kappa shape index (κ3) is 3.69. The van der Waals surface area contributed by atoms with Gasteiger partial charge >= 0.3 is 0 Å². The number of rotatable bonds is 4. The molecule has 4 rings (SSSR count). The minimum Gasteiger partial charge on any atom is -0.341 e. The molecule has 0 bridgehead atoms. The van der Waals surface area contributed by atoms with Gasteiger partial charge in [0.25, 0.3) is 11.6 Å². The summed E-state index contributed by atoms with van der Waals surface area (Å²) in [6, 6.07) is 12.0. The molecule has 28 heavy (non-hydrogen) atoms. The second-order valence-electron chi connectivity index (χ2n) is 6.69. The molecule has 1 aliphatic heterocycles. The van der Waals surface area contributed by atoms with Crippen molar-refractivity contribution in [1.82, 2.24) is 19.8 Å². The van der Waals surface area contributed by atoms with Crippen LogP contribution in [0.15, 0.2) is 42.5 Å². The van der Waals surface area contributed by atoms with Crippen LogP contribution in [0.1, 0.15) is 16.2 Å². The Balaban J connectivity index is 1.39. The number of nitro benzene ring substituents is 1. The first-order valence-electron chi connectivity index (χ1n) is 8.90. The summed E-state index contributed by atoms with van der Waals surface area (Å²) < 4.78 is 0. The highest BCUT2D eigenvalue weighted by atomic mass is 35.5. The number of H-pyrrole nitrogens is 1. The van der Waals surface area contributed by atoms with Crippen LogP contribution in [-0.4, -0.2) is 56.8 Å². The van der Waals surface area contributed by atoms with Crippen molar-refractivity contribution in [3.05, 3.63) is 69.0 Å². The zero-order chi connectivity index (χ0) is 19.7. The maximum Gasteiger partial charge on any atom is 0.288 e. The molecule has 2 aromatic carbocycles. The molecular weight excluding hydrogens is 382 g/mol. The third-order valence-corrected chi connectivity index (χ3v) is 5.18. The monoisotopic (exact) mass is 399 g/mol. The Labute approximate surface area is 165 Å². The lowest BCUT2D eigenvalue weighted by molar-refractivity contribution is -0.384. The number of halogens is 1. The van der Waals surface area contributed by atoms with E-state index in [1.165, 1.54) is 18.2 Å². The topological polar surface area (TPSA) is 95.4 Å². The fourth-order valence-corrected chi connectivity index (χ4v) is 3.56. The average molecular weight is 400 g/mol. The number of nitrogens with one attached hydrogen (secondary N) is 1. The van der Waals surface area contributed by atoms with Crippen molar-refractivity contribution in [1.29, 1.82) is 0 Å². The summed E-state index contributed by atoms with van der Waals surface area (Å²) in [5.74, 6) is 0.678. The second kappa shape index (κ2) is 7.57. The van der Waals surface area contributed by atoms with Crippen molar-refractivity contribution in [3.8, 4) is 0 Å². The van der Waals surface area contributed by atoms with E-state index >= 15 is 0 Å². The summed E-state index contributed by atoms with van der Waals surface area (Å²) in [5, 5.41) is 11.1. The van der Waals surface area contributed by atoms with Crippen LogP contribution in [-0.2, 0) is 6.54 Å². The van der Waals surface area contributed by atoms with E-state index in [1.54, 1.807) is 4.90 Å². The molecule has 0 aliphatic carbocycles. The molecule has 144 valence electrons. The Morgan fingerprint density at radius 2 is 1.93 bits per heavy atom. The number of imidazole rings is 1. The lowest BCUT2D eigenvalue weighted by atomic mass is 10.1. The van der Waals surface area contributed by atoms with Gasteiger partial charge < -0.3 is 9.88 Å². The number of aromatic nitrogens is 2. The van der Waals surface area contributed by atoms with Gasteiger partial charge in [0.05, 0.1) is 22.5 Å². The fraction of sp³-hybridized carbons (Fsp3) is 0.263. The van der Waals surface area contributed by atoms with Crippen LogP contribution in [0.2, 0.25) is 5.02 Å². The Hall–Kier alpha value is -2.97. The zero-order valence-corrected chi connectivity index (χ0v) is 15.7. The standard InChI is InChI=1S/C19H18ClN5O3/c20-14-6-5-13(11-17(14)25(27)28)19(26)24-9-7-23(8-10-24)12-18-21-15-3-1-2-4-16(15)22-18/h1-6,11H,7-10,12H2,(H,21,22). The van der Waals surface area contributed by atoms with E-state index in [0.717, 1.165) is 16.9 Å². The molecule has 0 saturated carbocycles. The van der Waals surface area contributed by atoms with Crippen molar-refractivity contribution >= 4 is 34.2 Å². The van der Waals surface area contributed by atoms with Crippen LogP contribution in [0.3, 0.4) is 0 Å². The lowest BCUT2D eigenvalue weighted by Crippen LogP contribution is -2.48. The number of nitrogens with zero attached hydrogens (tertiary/aromatic N) is 4. The molecule has 0 unspecified atom stereocenters. The van der Waals surface area contributed by atoms with E-state index in [-0.39, 0.29) is 22.2 Å². The molecular formula is C19H18ClN5O3. The van der Waals surface area contributed by atoms with Crippen LogP contribution in [0.25, 0.3) is 11.0 Å². The second-order valence-corrected chi connectivity index (χ2v) is 7.10. The van der Waals surface area contributed by atoms with Crippen molar-refractivity contribution in [2.45, 2.75) is 6.54 Å². The van der Waals surface area contributed by atoms with Gasteiger partial charge in [0.2, 0.25) is 0 Å². The Morgan fingerprint density at radius 3 is 2.64 bits per heavy atom. The predicted octanol–water partition coefficient (Wildman–Crippen LogP) is 3.08. The summed E-state index contributed by atoms with van der Waals surface area (Å²) in [6.07, 6.45) is 0. The van der Waals surface area contributed by atoms with Crippen LogP contribution >= 0.6 is 11.6 Å². The van der Waals surface area contributed by atoms with E-state index in [1.807, 2.05) is 24.3 Å². The fourth-order valence-electron chi connectivity index (χ4n) is 3.37. The first-order chi connectivity index (χ1) is 13.5. The average Bonchev–Trinajstić information content (AvgIpc) is 3.10. The maximum atomic E-state index is 12.7. The first-order valence-corrected chi connectivity index (χ1v) is 9.28. The highest BCUT2D eigenvalue weighted by Gasteiger charge is 2.24. The van der Waals surface area contributed by atoms with Crippen molar-refractivity contribution in [2.75, 3.05) is 26.2 Å². The van der Waals surface area contributed by atoms with Gasteiger partial charge in [-0.15, -0.1) is 0 Å². The lowest BCUT2D eigenvalue weighted by Gasteiger charge is -2.34. The van der Waals surface area contributed by atoms with Gasteiger partial charge in [-0.25, -0.2) is 4.98 Å². The van der Waals surface area contributed by atoms with E-state index in [4.69, 9.17) is 11.6 Å². The number of hydrogen-bond donors (Lipinski definition) is 1. The summed E-state index contributed by atoms with van der Waals surface area (Å²) >= 11 is 5.82. The molecule has 1 aromatic heterocycles. The SMILES string of the molecule is O=C(c1ccc(Cl)c([N+](=O)[O-])c1)N1CCN(Cc2nc3ccccc3[nH]2)CC1. The molecule has 1 amide bonds. The van der Waals surface area contributed by atoms with Crippen LogP contribution < -0.4 is 0 Å². The van der Waals surface area contributed by atoms with E-state index in [0.29, 0.717) is 32.7 Å². The summed E-state index contributed by atoms with van der Waals surface area (Å²) in [6.45, 7) is 3.20. The number of benzene rings is 2. The smallest absolute Gasteiger partial charge is 0.288 e. The van der Waals surface area contributed by atoms with Crippen molar-refractivity contribution in [2.24, 2.45) is 0 Å². The molecule has 1 fully saturated rings. The Kier molecular flexibility index (Phi) is 4.97. The van der Waals surface area contributed by atoms with Gasteiger partial charge in [-0.2, -0.15) is 0 Å². The molecule has 0 atom stereocenters. The van der Waals surface area contributed by atoms with Crippen molar-refractivity contribution < 1.29 is 9.72 Å². The Bertz CT molecular complexity index is 1010. The van der Waals surface area contributed by atoms with Gasteiger partial charge in [-0.1, -0.05) is 23.7 Å². The van der Waals surface area contributed by atoms with Gasteiger partial charge in [-0.05, 0) is 24.3 Å². The number of amides is 1. The van der Waals surface area contributed by atoms with Crippen molar-refractivity contribution in [3.63, 3.8) is 0 Å². The van der Waals surface area contributed by atoms with Crippen LogP contribution in [0.5, 0.6) is 0 Å². The number of aromatic amines is 1. The van der Waals surface area contributed by atoms with Gasteiger partial charge in [0.15, 0.2) is 0 Å². The molecule has 0 spiro atoms. The minimum absolute atomic E-state index is 0.0252. The van der Waals surface area contributed by atoms with E-state index in [2.05, 4.69) is 14.9 Å². The largest absolute Gasteiger partial charge is 0.341 e. The predicted molar refractivity (Wildman–Crippen MR) is 105 cm³/mol. The summed E-state index contributed by atoms with van der Waals surface area (Å²) in [7, 11) is 0. The molecule has 3 aromatic rings. The number of para-hydroxylation sites is 2. The number of piperazine rings is 1. The number of carbonyl (C=O) groups is 1. The molecule has 1 N–H and O–H groups in total. The van der Waals surface area contributed by atoms with Crippen LogP contribution in [0, 0.1) is 10.1 Å². The number of hydrogen-bond acceptors (Lipinski definition) is 5. The third-order valence-electron chi connectivity index (χ3n) is 4.86. The van der Waals surface area contributed by atoms with Gasteiger partial charge in [0.1, 0.15) is 10.8 Å². The highest BCUT2D eigenvalue weighted by molar-refractivity contribution is 6.32. The molecule has 2 heterocycles. The van der Waals surface area contributed by atoms with E-state index in [9.17, 15) is 14.9 Å². The zero-order valence-electron chi connectivity index (χ0n) is 15.0. The number of fused-ring (bicyclic) bond motifs is 1. The summed E-state index contributed by atoms with van der Waals surface area (Å²) in [4.78, 5) is 35.0. The molecule has 0 radical (unpaired) electrons. The Morgan fingerprint density at radius 1 is 1.18 bits per heavy atom. The summed E-state index contributed by atoms with van der Waals surface area (Å²) in [5.41, 5.74) is 1.98. The van der Waals surface area contributed by atoms with Crippen LogP contribution in [0.4, 0.5) is 5.69 Å². The highest BCUT2D eigenvalue weighted by Crippen LogP contribution is 2.26. The number of nitro groups is 1. The van der Waals surface area contributed by atoms with Gasteiger partial charge in [0, 0.05) is 37.8 Å². The minimum atomic E-state index is -0.579. The quantitative estimate of drug-likeness (QED) is 0.537. The molecule has 9 heteroatoms. The first kappa shape index (κ1) is 18.4. The maximum absolute atomic E-state index is 12.7. The molecule has 1 aliphatic rings. The molecule has 1 saturated heterocycles. The normalized spacial score (nSPS) is 15.1. The number of carbonyl (C=O) groups excluding carboxylic acids is 1. The van der Waals surface area contributed by atoms with E-state index < -0.39 is 4.92 Å².